The normalized spacial score (nSPS) is 17.2. The summed E-state index contributed by atoms with van der Waals surface area (Å²) in [4.78, 5) is 30.6. The molecule has 4 rings (SSSR count). The third kappa shape index (κ3) is 2.78. The van der Waals surface area contributed by atoms with Crippen LogP contribution in [0.15, 0.2) is 30.6 Å². The zero-order valence-corrected chi connectivity index (χ0v) is 16.2. The van der Waals surface area contributed by atoms with Gasteiger partial charge in [-0.05, 0) is 36.6 Å². The maximum atomic E-state index is 12.9. The van der Waals surface area contributed by atoms with Crippen molar-refractivity contribution in [2.45, 2.75) is 25.2 Å². The summed E-state index contributed by atoms with van der Waals surface area (Å²) >= 11 is 0. The smallest absolute Gasteiger partial charge is 0.235 e. The molecule has 0 radical (unpaired) electrons. The van der Waals surface area contributed by atoms with Crippen molar-refractivity contribution in [2.24, 2.45) is 0 Å². The first-order valence-electron chi connectivity index (χ1n) is 9.27. The van der Waals surface area contributed by atoms with E-state index >= 15 is 0 Å². The highest BCUT2D eigenvalue weighted by Gasteiger charge is 2.49. The van der Waals surface area contributed by atoms with E-state index in [9.17, 15) is 9.59 Å². The van der Waals surface area contributed by atoms with Crippen molar-refractivity contribution in [3.63, 3.8) is 0 Å². The van der Waals surface area contributed by atoms with E-state index in [-0.39, 0.29) is 11.8 Å². The van der Waals surface area contributed by atoms with Crippen molar-refractivity contribution in [3.8, 4) is 22.6 Å². The quantitative estimate of drug-likeness (QED) is 0.884. The fraction of sp³-hybridized carbons (Fsp3) is 0.381. The summed E-state index contributed by atoms with van der Waals surface area (Å²) in [6, 6.07) is 5.77. The number of anilines is 1. The highest BCUT2D eigenvalue weighted by molar-refractivity contribution is 6.07. The van der Waals surface area contributed by atoms with Gasteiger partial charge in [-0.2, -0.15) is 0 Å². The number of likely N-dealkylation sites (tertiary alicyclic amines) is 1. The number of nitrogens with zero attached hydrogens (tertiary/aromatic N) is 2. The molecule has 1 spiro atoms. The number of aromatic nitrogens is 1. The Labute approximate surface area is 163 Å². The van der Waals surface area contributed by atoms with E-state index in [1.807, 2.05) is 18.2 Å². The Hall–Kier alpha value is -3.09. The lowest BCUT2D eigenvalue weighted by Crippen LogP contribution is -2.47. The van der Waals surface area contributed by atoms with Crippen LogP contribution in [0.4, 0.5) is 5.69 Å². The average molecular weight is 381 g/mol. The van der Waals surface area contributed by atoms with Gasteiger partial charge >= 0.3 is 0 Å². The summed E-state index contributed by atoms with van der Waals surface area (Å²) in [6.45, 7) is 2.72. The van der Waals surface area contributed by atoms with Gasteiger partial charge in [0.1, 0.15) is 11.5 Å². The predicted octanol–water partition coefficient (Wildman–Crippen LogP) is 2.60. The van der Waals surface area contributed by atoms with Crippen molar-refractivity contribution in [1.29, 1.82) is 0 Å². The summed E-state index contributed by atoms with van der Waals surface area (Å²) in [5.74, 6) is 1.37. The second-order valence-electron chi connectivity index (χ2n) is 7.25. The standard InChI is InChI=1S/C21H23N3O4/c1-13(25)24-6-4-21(5-7-24)17-10-19(28-3)16(9-18(17)23-20(21)26)14-8-15(27-2)12-22-11-14/h8-12H,4-7H2,1-3H3,(H,23,26). The van der Waals surface area contributed by atoms with Gasteiger partial charge in [0.25, 0.3) is 0 Å². The van der Waals surface area contributed by atoms with Gasteiger partial charge in [0.15, 0.2) is 0 Å². The molecule has 0 unspecified atom stereocenters. The number of piperidine rings is 1. The molecule has 2 aliphatic rings. The zero-order valence-electron chi connectivity index (χ0n) is 16.2. The van der Waals surface area contributed by atoms with Gasteiger partial charge in [-0.15, -0.1) is 0 Å². The van der Waals surface area contributed by atoms with E-state index in [1.54, 1.807) is 38.4 Å². The number of hydrogen-bond acceptors (Lipinski definition) is 5. The van der Waals surface area contributed by atoms with Crippen LogP contribution < -0.4 is 14.8 Å². The summed E-state index contributed by atoms with van der Waals surface area (Å²) in [5.41, 5.74) is 2.81. The molecule has 1 saturated heterocycles. The van der Waals surface area contributed by atoms with Crippen LogP contribution in [-0.2, 0) is 15.0 Å². The molecule has 0 aliphatic carbocycles. The van der Waals surface area contributed by atoms with Crippen LogP contribution in [-0.4, -0.2) is 49.0 Å². The maximum Gasteiger partial charge on any atom is 0.235 e. The lowest BCUT2D eigenvalue weighted by Gasteiger charge is -2.37. The van der Waals surface area contributed by atoms with Crippen LogP contribution in [0, 0.1) is 0 Å². The predicted molar refractivity (Wildman–Crippen MR) is 105 cm³/mol. The Morgan fingerprint density at radius 3 is 2.54 bits per heavy atom. The number of ether oxygens (including phenoxy) is 2. The molecule has 7 heteroatoms. The first-order valence-corrected chi connectivity index (χ1v) is 9.27. The molecule has 3 heterocycles. The molecule has 2 aliphatic heterocycles. The number of rotatable bonds is 3. The van der Waals surface area contributed by atoms with E-state index in [1.165, 1.54) is 0 Å². The minimum absolute atomic E-state index is 0.00586. The van der Waals surface area contributed by atoms with Crippen molar-refractivity contribution >= 4 is 17.5 Å². The summed E-state index contributed by atoms with van der Waals surface area (Å²) in [6.07, 6.45) is 4.59. The van der Waals surface area contributed by atoms with Gasteiger partial charge in [0, 0.05) is 43.0 Å². The third-order valence-corrected chi connectivity index (χ3v) is 5.86. The number of pyridine rings is 1. The fourth-order valence-electron chi connectivity index (χ4n) is 4.22. The van der Waals surface area contributed by atoms with E-state index in [0.29, 0.717) is 37.4 Å². The van der Waals surface area contributed by atoms with Crippen LogP contribution in [0.3, 0.4) is 0 Å². The van der Waals surface area contributed by atoms with Crippen LogP contribution >= 0.6 is 0 Å². The number of nitrogens with one attached hydrogen (secondary N) is 1. The topological polar surface area (TPSA) is 80.8 Å². The number of carbonyl (C=O) groups is 2. The summed E-state index contributed by atoms with van der Waals surface area (Å²) in [5, 5.41) is 3.04. The molecule has 1 aromatic carbocycles. The molecule has 0 atom stereocenters. The van der Waals surface area contributed by atoms with Crippen molar-refractivity contribution in [3.05, 3.63) is 36.2 Å². The van der Waals surface area contributed by atoms with Crippen molar-refractivity contribution in [1.82, 2.24) is 9.88 Å². The van der Waals surface area contributed by atoms with E-state index in [0.717, 1.165) is 22.4 Å². The Bertz CT molecular complexity index is 949. The number of fused-ring (bicyclic) bond motifs is 2. The fourth-order valence-corrected chi connectivity index (χ4v) is 4.22. The Kier molecular flexibility index (Phi) is 4.45. The van der Waals surface area contributed by atoms with Gasteiger partial charge in [0.05, 0.1) is 25.8 Å². The molecule has 146 valence electrons. The van der Waals surface area contributed by atoms with Crippen LogP contribution in [0.5, 0.6) is 11.5 Å². The van der Waals surface area contributed by atoms with Gasteiger partial charge < -0.3 is 19.7 Å². The minimum Gasteiger partial charge on any atom is -0.496 e. The van der Waals surface area contributed by atoms with E-state index in [4.69, 9.17) is 9.47 Å². The van der Waals surface area contributed by atoms with Crippen LogP contribution in [0.2, 0.25) is 0 Å². The van der Waals surface area contributed by atoms with E-state index < -0.39 is 5.41 Å². The number of hydrogen-bond donors (Lipinski definition) is 1. The third-order valence-electron chi connectivity index (χ3n) is 5.86. The van der Waals surface area contributed by atoms with Gasteiger partial charge in [-0.25, -0.2) is 0 Å². The Morgan fingerprint density at radius 1 is 1.14 bits per heavy atom. The SMILES string of the molecule is COc1cncc(-c2cc3c(cc2OC)C2(CCN(C(C)=O)CC2)C(=O)N3)c1. The van der Waals surface area contributed by atoms with Crippen molar-refractivity contribution < 1.29 is 19.1 Å². The molecule has 2 amide bonds. The molecule has 0 saturated carbocycles. The lowest BCUT2D eigenvalue weighted by atomic mass is 9.73. The maximum absolute atomic E-state index is 12.9. The van der Waals surface area contributed by atoms with Gasteiger partial charge in [-0.3, -0.25) is 14.6 Å². The summed E-state index contributed by atoms with van der Waals surface area (Å²) < 4.78 is 10.9. The molecule has 7 nitrogen and oxygen atoms in total. The zero-order chi connectivity index (χ0) is 19.9. The molecule has 1 fully saturated rings. The Morgan fingerprint density at radius 2 is 1.89 bits per heavy atom. The van der Waals surface area contributed by atoms with Gasteiger partial charge in [0.2, 0.25) is 11.8 Å². The molecular weight excluding hydrogens is 358 g/mol. The number of amides is 2. The highest BCUT2D eigenvalue weighted by atomic mass is 16.5. The highest BCUT2D eigenvalue weighted by Crippen LogP contribution is 2.48. The first kappa shape index (κ1) is 18.3. The molecular formula is C21H23N3O4. The second kappa shape index (κ2) is 6.82. The van der Waals surface area contributed by atoms with Crippen LogP contribution in [0.1, 0.15) is 25.3 Å². The average Bonchev–Trinajstić information content (AvgIpc) is 2.98. The molecule has 0 bridgehead atoms. The summed E-state index contributed by atoms with van der Waals surface area (Å²) in [7, 11) is 3.21. The molecule has 2 aromatic rings. The molecule has 28 heavy (non-hydrogen) atoms. The monoisotopic (exact) mass is 381 g/mol. The first-order chi connectivity index (χ1) is 13.5. The number of carbonyl (C=O) groups excluding carboxylic acids is 2. The number of benzene rings is 1. The minimum atomic E-state index is -0.611. The lowest BCUT2D eigenvalue weighted by molar-refractivity contribution is -0.133. The second-order valence-corrected chi connectivity index (χ2v) is 7.25. The van der Waals surface area contributed by atoms with E-state index in [2.05, 4.69) is 10.3 Å². The molecule has 1 N–H and O–H groups in total. The van der Waals surface area contributed by atoms with Gasteiger partial charge in [-0.1, -0.05) is 0 Å². The largest absolute Gasteiger partial charge is 0.496 e. The molecule has 1 aromatic heterocycles. The van der Waals surface area contributed by atoms with Crippen LogP contribution in [0.25, 0.3) is 11.1 Å². The Balaban J connectivity index is 1.76. The van der Waals surface area contributed by atoms with Crippen molar-refractivity contribution in [2.75, 3.05) is 32.6 Å². The number of methoxy groups -OCH3 is 2.